The van der Waals surface area contributed by atoms with E-state index in [1.54, 1.807) is 6.07 Å². The summed E-state index contributed by atoms with van der Waals surface area (Å²) in [5, 5.41) is 41.2. The molecule has 4 N–H and O–H groups in total. The SMILES string of the molecule is CCCCCc1cc(C2CCC3C(O)CC(c4cc(O)c(O)c(OC)c4)OC3C2)ccc1O. The normalized spacial score (nSPS) is 27.2. The quantitative estimate of drug-likeness (QED) is 0.332. The van der Waals surface area contributed by atoms with Gasteiger partial charge in [0, 0.05) is 12.3 Å². The number of phenols is 3. The Hall–Kier alpha value is -2.44. The zero-order chi connectivity index (χ0) is 23.5. The molecule has 0 aromatic heterocycles. The van der Waals surface area contributed by atoms with Gasteiger partial charge in [0.15, 0.2) is 11.5 Å². The minimum Gasteiger partial charge on any atom is -0.508 e. The monoisotopic (exact) mass is 456 g/mol. The Morgan fingerprint density at radius 3 is 2.55 bits per heavy atom. The highest BCUT2D eigenvalue weighted by Gasteiger charge is 2.42. The van der Waals surface area contributed by atoms with Crippen molar-refractivity contribution in [3.05, 3.63) is 47.0 Å². The van der Waals surface area contributed by atoms with Crippen molar-refractivity contribution in [2.24, 2.45) is 5.92 Å². The lowest BCUT2D eigenvalue weighted by Crippen LogP contribution is -2.44. The molecule has 4 rings (SSSR count). The fraction of sp³-hybridized carbons (Fsp3) is 0.556. The first kappa shape index (κ1) is 23.7. The van der Waals surface area contributed by atoms with Crippen molar-refractivity contribution in [2.75, 3.05) is 7.11 Å². The van der Waals surface area contributed by atoms with Crippen LogP contribution < -0.4 is 4.74 Å². The standard InChI is InChI=1S/C27H36O6/c1-3-4-5-6-18-11-16(8-10-21(18)28)17-7-9-20-22(29)15-24(33-25(20)13-17)19-12-23(30)27(31)26(14-19)32-2/h8,10-12,14,17,20,22,24-25,28-31H,3-7,9,13,15H2,1-2H3. The van der Waals surface area contributed by atoms with Gasteiger partial charge in [-0.15, -0.1) is 0 Å². The van der Waals surface area contributed by atoms with Crippen molar-refractivity contribution in [2.45, 2.75) is 82.5 Å². The maximum Gasteiger partial charge on any atom is 0.200 e. The molecule has 0 radical (unpaired) electrons. The Morgan fingerprint density at radius 2 is 1.79 bits per heavy atom. The number of aliphatic hydroxyl groups is 1. The number of aryl methyl sites for hydroxylation is 1. The maximum atomic E-state index is 10.9. The number of methoxy groups -OCH3 is 1. The van der Waals surface area contributed by atoms with Gasteiger partial charge in [-0.3, -0.25) is 0 Å². The van der Waals surface area contributed by atoms with E-state index < -0.39 is 6.10 Å². The van der Waals surface area contributed by atoms with Crippen LogP contribution in [-0.4, -0.2) is 39.7 Å². The molecule has 180 valence electrons. The molecule has 0 spiro atoms. The number of benzene rings is 2. The highest BCUT2D eigenvalue weighted by Crippen LogP contribution is 2.48. The lowest BCUT2D eigenvalue weighted by Gasteiger charge is -2.45. The summed E-state index contributed by atoms with van der Waals surface area (Å²) in [5.41, 5.74) is 2.92. The molecule has 1 aliphatic carbocycles. The first-order valence-corrected chi connectivity index (χ1v) is 12.2. The first-order chi connectivity index (χ1) is 15.9. The van der Waals surface area contributed by atoms with E-state index in [4.69, 9.17) is 9.47 Å². The number of unbranched alkanes of at least 4 members (excludes halogenated alkanes) is 2. The second kappa shape index (κ2) is 10.2. The summed E-state index contributed by atoms with van der Waals surface area (Å²) >= 11 is 0. The molecular formula is C27H36O6. The number of hydrogen-bond donors (Lipinski definition) is 4. The molecular weight excluding hydrogens is 420 g/mol. The fourth-order valence-corrected chi connectivity index (χ4v) is 5.51. The predicted molar refractivity (Wildman–Crippen MR) is 126 cm³/mol. The number of fused-ring (bicyclic) bond motifs is 1. The Balaban J connectivity index is 1.51. The van der Waals surface area contributed by atoms with E-state index in [2.05, 4.69) is 13.0 Å². The second-order valence-corrected chi connectivity index (χ2v) is 9.58. The number of hydrogen-bond acceptors (Lipinski definition) is 6. The molecule has 5 atom stereocenters. The minimum absolute atomic E-state index is 0.0891. The zero-order valence-corrected chi connectivity index (χ0v) is 19.5. The Labute approximate surface area is 195 Å². The summed E-state index contributed by atoms with van der Waals surface area (Å²) in [6, 6.07) is 9.13. The van der Waals surface area contributed by atoms with Gasteiger partial charge < -0.3 is 29.9 Å². The predicted octanol–water partition coefficient (Wildman–Crippen LogP) is 5.32. The third-order valence-corrected chi connectivity index (χ3v) is 7.43. The van der Waals surface area contributed by atoms with Crippen LogP contribution in [0.1, 0.15) is 80.6 Å². The van der Waals surface area contributed by atoms with Crippen LogP contribution in [0.3, 0.4) is 0 Å². The van der Waals surface area contributed by atoms with Crippen molar-refractivity contribution >= 4 is 0 Å². The third-order valence-electron chi connectivity index (χ3n) is 7.43. The molecule has 0 amide bonds. The van der Waals surface area contributed by atoms with Crippen molar-refractivity contribution in [1.29, 1.82) is 0 Å². The van der Waals surface area contributed by atoms with Gasteiger partial charge in [0.2, 0.25) is 5.75 Å². The van der Waals surface area contributed by atoms with Gasteiger partial charge >= 0.3 is 0 Å². The summed E-state index contributed by atoms with van der Waals surface area (Å²) < 4.78 is 11.6. The minimum atomic E-state index is -0.485. The zero-order valence-electron chi connectivity index (χ0n) is 19.5. The highest BCUT2D eigenvalue weighted by molar-refractivity contribution is 5.52. The lowest BCUT2D eigenvalue weighted by molar-refractivity contribution is -0.154. The second-order valence-electron chi connectivity index (χ2n) is 9.58. The van der Waals surface area contributed by atoms with E-state index in [1.807, 2.05) is 12.1 Å². The molecule has 1 saturated heterocycles. The van der Waals surface area contributed by atoms with Gasteiger partial charge in [0.25, 0.3) is 0 Å². The van der Waals surface area contributed by atoms with E-state index >= 15 is 0 Å². The summed E-state index contributed by atoms with van der Waals surface area (Å²) in [7, 11) is 1.44. The molecule has 2 aliphatic rings. The molecule has 1 heterocycles. The average molecular weight is 457 g/mol. The van der Waals surface area contributed by atoms with Crippen LogP contribution in [0.25, 0.3) is 0 Å². The van der Waals surface area contributed by atoms with Gasteiger partial charge in [-0.2, -0.15) is 0 Å². The van der Waals surface area contributed by atoms with Gasteiger partial charge in [-0.25, -0.2) is 0 Å². The van der Waals surface area contributed by atoms with Crippen molar-refractivity contribution < 1.29 is 29.9 Å². The lowest BCUT2D eigenvalue weighted by atomic mass is 9.72. The molecule has 6 nitrogen and oxygen atoms in total. The molecule has 2 aromatic rings. The Bertz CT molecular complexity index is 958. The first-order valence-electron chi connectivity index (χ1n) is 12.2. The van der Waals surface area contributed by atoms with E-state index in [0.717, 1.165) is 50.5 Å². The van der Waals surface area contributed by atoms with Crippen molar-refractivity contribution in [3.8, 4) is 23.0 Å². The van der Waals surface area contributed by atoms with E-state index in [-0.39, 0.29) is 35.4 Å². The summed E-state index contributed by atoms with van der Waals surface area (Å²) in [6.07, 6.45) is 6.41. The number of aromatic hydroxyl groups is 3. The Morgan fingerprint density at radius 1 is 0.970 bits per heavy atom. The van der Waals surface area contributed by atoms with Crippen LogP contribution in [0.4, 0.5) is 0 Å². The molecule has 1 saturated carbocycles. The molecule has 6 heteroatoms. The van der Waals surface area contributed by atoms with Crippen molar-refractivity contribution in [3.63, 3.8) is 0 Å². The van der Waals surface area contributed by atoms with Gasteiger partial charge in [0.05, 0.1) is 25.4 Å². The number of rotatable bonds is 7. The van der Waals surface area contributed by atoms with E-state index in [9.17, 15) is 20.4 Å². The van der Waals surface area contributed by atoms with Crippen LogP contribution in [0.2, 0.25) is 0 Å². The highest BCUT2D eigenvalue weighted by atomic mass is 16.5. The van der Waals surface area contributed by atoms with Gasteiger partial charge in [0.1, 0.15) is 5.75 Å². The number of phenolic OH excluding ortho intramolecular Hbond substituents is 3. The molecule has 1 aliphatic heterocycles. The largest absolute Gasteiger partial charge is 0.508 e. The molecule has 2 aromatic carbocycles. The van der Waals surface area contributed by atoms with Crippen LogP contribution in [0.15, 0.2) is 30.3 Å². The molecule has 2 fully saturated rings. The van der Waals surface area contributed by atoms with Crippen LogP contribution in [-0.2, 0) is 11.2 Å². The maximum absolute atomic E-state index is 10.9. The van der Waals surface area contributed by atoms with Gasteiger partial charge in [-0.1, -0.05) is 31.9 Å². The number of ether oxygens (including phenoxy) is 2. The Kier molecular flexibility index (Phi) is 7.35. The third kappa shape index (κ3) is 5.07. The summed E-state index contributed by atoms with van der Waals surface area (Å²) in [6.45, 7) is 2.18. The van der Waals surface area contributed by atoms with Crippen LogP contribution >= 0.6 is 0 Å². The van der Waals surface area contributed by atoms with Crippen molar-refractivity contribution in [1.82, 2.24) is 0 Å². The molecule has 5 unspecified atom stereocenters. The number of aliphatic hydroxyl groups excluding tert-OH is 1. The van der Waals surface area contributed by atoms with Crippen LogP contribution in [0, 0.1) is 5.92 Å². The van der Waals surface area contributed by atoms with Crippen LogP contribution in [0.5, 0.6) is 23.0 Å². The van der Waals surface area contributed by atoms with Gasteiger partial charge in [-0.05, 0) is 72.9 Å². The van der Waals surface area contributed by atoms with E-state index in [1.165, 1.54) is 18.7 Å². The average Bonchev–Trinajstić information content (AvgIpc) is 2.81. The summed E-state index contributed by atoms with van der Waals surface area (Å²) in [5.74, 6) is 0.401. The fourth-order valence-electron chi connectivity index (χ4n) is 5.51. The smallest absolute Gasteiger partial charge is 0.200 e. The molecule has 0 bridgehead atoms. The van der Waals surface area contributed by atoms with E-state index in [0.29, 0.717) is 23.7 Å². The summed E-state index contributed by atoms with van der Waals surface area (Å²) in [4.78, 5) is 0. The molecule has 33 heavy (non-hydrogen) atoms. The topological polar surface area (TPSA) is 99.4 Å².